The molecule has 4 heterocycles. The van der Waals surface area contributed by atoms with Crippen LogP contribution in [0.1, 0.15) is 81.0 Å². The molecule has 0 spiro atoms. The zero-order valence-electron chi connectivity index (χ0n) is 18.4. The fourth-order valence-corrected chi connectivity index (χ4v) is 4.28. The quantitative estimate of drug-likeness (QED) is 0.565. The molecule has 4 rings (SSSR count). The van der Waals surface area contributed by atoms with Crippen molar-refractivity contribution in [2.75, 3.05) is 5.43 Å². The second kappa shape index (κ2) is 9.06. The van der Waals surface area contributed by atoms with Gasteiger partial charge in [0.1, 0.15) is 5.56 Å². The van der Waals surface area contributed by atoms with E-state index in [1.165, 1.54) is 6.42 Å². The van der Waals surface area contributed by atoms with Crippen LogP contribution in [0.3, 0.4) is 0 Å². The molecule has 2 aromatic heterocycles. The largest absolute Gasteiger partial charge is 0.504 e. The third kappa shape index (κ3) is 4.28. The summed E-state index contributed by atoms with van der Waals surface area (Å²) >= 11 is 0. The lowest BCUT2D eigenvalue weighted by molar-refractivity contribution is 0.0974. The molecule has 0 amide bonds. The molecule has 164 valence electrons. The topological polar surface area (TPSA) is 91.0 Å². The average Bonchev–Trinajstić information content (AvgIpc) is 3.30. The monoisotopic (exact) mass is 422 g/mol. The van der Waals surface area contributed by atoms with Crippen molar-refractivity contribution in [2.24, 2.45) is 4.99 Å². The van der Waals surface area contributed by atoms with Crippen molar-refractivity contribution in [1.82, 2.24) is 9.99 Å². The zero-order chi connectivity index (χ0) is 22.0. The van der Waals surface area contributed by atoms with Crippen molar-refractivity contribution < 1.29 is 14.3 Å². The number of furan rings is 1. The van der Waals surface area contributed by atoms with E-state index in [9.17, 15) is 9.90 Å². The molecular formula is C24H30N4O3. The highest BCUT2D eigenvalue weighted by Crippen LogP contribution is 2.39. The molecule has 2 aliphatic heterocycles. The SMILES string of the molecule is CCCCC(=O)c1c(NN2C(C)CCCC2C)oc(C=C2C=Nc3ncccc32)c1O. The summed E-state index contributed by atoms with van der Waals surface area (Å²) in [5, 5.41) is 13.1. The maximum absolute atomic E-state index is 13.0. The number of carbonyl (C=O) groups excluding carboxylic acids is 1. The van der Waals surface area contributed by atoms with Crippen LogP contribution >= 0.6 is 0 Å². The maximum atomic E-state index is 13.0. The molecule has 2 unspecified atom stereocenters. The van der Waals surface area contributed by atoms with Gasteiger partial charge in [0.2, 0.25) is 5.88 Å². The smallest absolute Gasteiger partial charge is 0.222 e. The van der Waals surface area contributed by atoms with Gasteiger partial charge in [0.25, 0.3) is 0 Å². The van der Waals surface area contributed by atoms with Gasteiger partial charge in [0.05, 0.1) is 0 Å². The Labute approximate surface area is 182 Å². The van der Waals surface area contributed by atoms with Crippen molar-refractivity contribution in [2.45, 2.75) is 71.4 Å². The fraction of sp³-hybridized carbons (Fsp3) is 0.458. The lowest BCUT2D eigenvalue weighted by Crippen LogP contribution is -2.47. The number of ketones is 1. The van der Waals surface area contributed by atoms with Gasteiger partial charge in [-0.2, -0.15) is 0 Å². The molecule has 0 aliphatic carbocycles. The summed E-state index contributed by atoms with van der Waals surface area (Å²) in [4.78, 5) is 21.5. The number of piperidine rings is 1. The number of hydrogen-bond donors (Lipinski definition) is 2. The number of pyridine rings is 1. The number of aliphatic imine (C=N–C) groups is 1. The van der Waals surface area contributed by atoms with Crippen LogP contribution in [0.25, 0.3) is 11.6 Å². The fourth-order valence-electron chi connectivity index (χ4n) is 4.28. The molecule has 7 nitrogen and oxygen atoms in total. The van der Waals surface area contributed by atoms with Gasteiger partial charge in [-0.15, -0.1) is 0 Å². The number of hydrogen-bond acceptors (Lipinski definition) is 7. The lowest BCUT2D eigenvalue weighted by Gasteiger charge is -2.38. The molecule has 1 saturated heterocycles. The van der Waals surface area contributed by atoms with Gasteiger partial charge >= 0.3 is 0 Å². The van der Waals surface area contributed by atoms with Crippen LogP contribution in [0.2, 0.25) is 0 Å². The summed E-state index contributed by atoms with van der Waals surface area (Å²) in [6.45, 7) is 6.36. The second-order valence-electron chi connectivity index (χ2n) is 8.43. The number of anilines is 1. The minimum Gasteiger partial charge on any atom is -0.504 e. The van der Waals surface area contributed by atoms with Gasteiger partial charge < -0.3 is 9.52 Å². The van der Waals surface area contributed by atoms with Crippen LogP contribution < -0.4 is 5.43 Å². The van der Waals surface area contributed by atoms with Crippen molar-refractivity contribution in [3.8, 4) is 5.75 Å². The van der Waals surface area contributed by atoms with Gasteiger partial charge in [0.15, 0.2) is 23.1 Å². The Kier molecular flexibility index (Phi) is 6.23. The summed E-state index contributed by atoms with van der Waals surface area (Å²) in [6, 6.07) is 4.37. The number of unbranched alkanes of at least 4 members (excludes halogenated alkanes) is 1. The highest BCUT2D eigenvalue weighted by molar-refractivity contribution is 6.21. The summed E-state index contributed by atoms with van der Waals surface area (Å²) < 4.78 is 6.04. The number of carbonyl (C=O) groups is 1. The van der Waals surface area contributed by atoms with Crippen molar-refractivity contribution in [3.63, 3.8) is 0 Å². The van der Waals surface area contributed by atoms with Crippen LogP contribution in [0.5, 0.6) is 5.75 Å². The highest BCUT2D eigenvalue weighted by Gasteiger charge is 2.30. The van der Waals surface area contributed by atoms with E-state index in [1.807, 2.05) is 19.1 Å². The van der Waals surface area contributed by atoms with E-state index in [1.54, 1.807) is 18.5 Å². The van der Waals surface area contributed by atoms with Crippen LogP contribution in [-0.2, 0) is 0 Å². The van der Waals surface area contributed by atoms with E-state index in [0.29, 0.717) is 30.2 Å². The highest BCUT2D eigenvalue weighted by atomic mass is 16.4. The van der Waals surface area contributed by atoms with Gasteiger partial charge in [0, 0.05) is 42.1 Å². The molecule has 0 aromatic carbocycles. The van der Waals surface area contributed by atoms with E-state index in [0.717, 1.165) is 36.8 Å². The number of allylic oxidation sites excluding steroid dienone is 1. The predicted octanol–water partition coefficient (Wildman–Crippen LogP) is 5.60. The molecule has 2 atom stereocenters. The van der Waals surface area contributed by atoms with E-state index in [4.69, 9.17) is 4.42 Å². The summed E-state index contributed by atoms with van der Waals surface area (Å²) in [7, 11) is 0. The Morgan fingerprint density at radius 3 is 2.87 bits per heavy atom. The normalized spacial score (nSPS) is 22.1. The van der Waals surface area contributed by atoms with E-state index >= 15 is 0 Å². The number of aromatic nitrogens is 1. The third-order valence-electron chi connectivity index (χ3n) is 6.08. The number of aromatic hydroxyl groups is 1. The first-order chi connectivity index (χ1) is 15.0. The summed E-state index contributed by atoms with van der Waals surface area (Å²) in [5.74, 6) is 0.951. The molecular weight excluding hydrogens is 392 g/mol. The number of rotatable bonds is 7. The summed E-state index contributed by atoms with van der Waals surface area (Å²) in [6.07, 6.45) is 10.5. The molecule has 1 fully saturated rings. The third-order valence-corrected chi connectivity index (χ3v) is 6.08. The zero-order valence-corrected chi connectivity index (χ0v) is 18.4. The molecule has 31 heavy (non-hydrogen) atoms. The predicted molar refractivity (Wildman–Crippen MR) is 123 cm³/mol. The molecule has 0 saturated carbocycles. The standard InChI is InChI=1S/C24H30N4O3/c1-4-5-11-19(29)21-22(30)20(13-17-14-26-23-18(17)10-7-12-25-23)31-24(21)27-28-15(2)8-6-9-16(28)3/h7,10,12-16,27,30H,4-6,8-9,11H2,1-3H3. The number of Topliss-reactive ketones (excluding diaryl/α,β-unsaturated/α-hetero) is 1. The Morgan fingerprint density at radius 1 is 1.35 bits per heavy atom. The van der Waals surface area contributed by atoms with Gasteiger partial charge in [-0.3, -0.25) is 10.2 Å². The Hall–Kier alpha value is -2.93. The Bertz CT molecular complexity index is 1010. The van der Waals surface area contributed by atoms with Gasteiger partial charge in [-0.25, -0.2) is 15.0 Å². The molecule has 0 radical (unpaired) electrons. The number of nitrogens with one attached hydrogen (secondary N) is 1. The van der Waals surface area contributed by atoms with E-state index in [-0.39, 0.29) is 22.9 Å². The first-order valence-corrected chi connectivity index (χ1v) is 11.1. The average molecular weight is 423 g/mol. The van der Waals surface area contributed by atoms with E-state index < -0.39 is 0 Å². The first kappa shape index (κ1) is 21.3. The Balaban J connectivity index is 1.71. The summed E-state index contributed by atoms with van der Waals surface area (Å²) in [5.41, 5.74) is 5.20. The van der Waals surface area contributed by atoms with Gasteiger partial charge in [-0.05, 0) is 51.3 Å². The second-order valence-corrected chi connectivity index (χ2v) is 8.43. The first-order valence-electron chi connectivity index (χ1n) is 11.1. The molecule has 7 heteroatoms. The van der Waals surface area contributed by atoms with Crippen molar-refractivity contribution in [3.05, 3.63) is 35.2 Å². The van der Waals surface area contributed by atoms with Gasteiger partial charge in [-0.1, -0.05) is 19.8 Å². The molecule has 2 aromatic rings. The van der Waals surface area contributed by atoms with Crippen molar-refractivity contribution in [1.29, 1.82) is 0 Å². The molecule has 2 N–H and O–H groups in total. The number of hydrazine groups is 1. The minimum absolute atomic E-state index is 0.116. The van der Waals surface area contributed by atoms with Crippen LogP contribution in [0.4, 0.5) is 11.7 Å². The van der Waals surface area contributed by atoms with Crippen LogP contribution in [0.15, 0.2) is 27.7 Å². The van der Waals surface area contributed by atoms with Crippen LogP contribution in [-0.4, -0.2) is 39.2 Å². The van der Waals surface area contributed by atoms with Crippen LogP contribution in [0, 0.1) is 0 Å². The molecule has 2 aliphatic rings. The lowest BCUT2D eigenvalue weighted by atomic mass is 10.00. The number of fused-ring (bicyclic) bond motifs is 1. The molecule has 0 bridgehead atoms. The van der Waals surface area contributed by atoms with E-state index in [2.05, 4.69) is 34.3 Å². The Morgan fingerprint density at radius 2 is 2.13 bits per heavy atom. The maximum Gasteiger partial charge on any atom is 0.222 e. The van der Waals surface area contributed by atoms with Crippen molar-refractivity contribution >= 4 is 35.3 Å². The number of nitrogens with zero attached hydrogens (tertiary/aromatic N) is 3. The minimum atomic E-state index is -0.126.